The fourth-order valence-corrected chi connectivity index (χ4v) is 4.01. The lowest BCUT2D eigenvalue weighted by Crippen LogP contribution is -2.60. The molecule has 0 bridgehead atoms. The first-order valence-electron chi connectivity index (χ1n) is 10.7. The lowest BCUT2D eigenvalue weighted by molar-refractivity contribution is -0.312. The van der Waals surface area contributed by atoms with E-state index in [-0.39, 0.29) is 16.9 Å². The number of fused-ring (bicyclic) bond motifs is 1. The number of aliphatic hydroxyl groups is 3. The summed E-state index contributed by atoms with van der Waals surface area (Å²) in [7, 11) is 0. The van der Waals surface area contributed by atoms with Crippen molar-refractivity contribution in [1.82, 2.24) is 0 Å². The number of phenols is 4. The van der Waals surface area contributed by atoms with Gasteiger partial charge in [0.15, 0.2) is 30.0 Å². The Morgan fingerprint density at radius 1 is 0.944 bits per heavy atom. The van der Waals surface area contributed by atoms with Crippen LogP contribution in [-0.2, 0) is 19.0 Å². The van der Waals surface area contributed by atoms with Gasteiger partial charge >= 0.3 is 5.97 Å². The van der Waals surface area contributed by atoms with Crippen LogP contribution in [0.4, 0.5) is 0 Å². The molecule has 13 nitrogen and oxygen atoms in total. The molecule has 7 atom stereocenters. The van der Waals surface area contributed by atoms with Crippen molar-refractivity contribution in [3.05, 3.63) is 41.5 Å². The first-order valence-corrected chi connectivity index (χ1v) is 10.7. The van der Waals surface area contributed by atoms with Gasteiger partial charge in [0.05, 0.1) is 0 Å². The van der Waals surface area contributed by atoms with Gasteiger partial charge in [-0.3, -0.25) is 9.59 Å². The monoisotopic (exact) mass is 508 g/mol. The molecule has 1 fully saturated rings. The molecule has 2 aromatic carbocycles. The molecular formula is C23H24O13. The van der Waals surface area contributed by atoms with Crippen LogP contribution in [0.2, 0.25) is 0 Å². The molecule has 2 heterocycles. The number of esters is 1. The molecule has 7 N–H and O–H groups in total. The number of hydrogen-bond donors (Lipinski definition) is 7. The molecule has 1 saturated heterocycles. The van der Waals surface area contributed by atoms with E-state index >= 15 is 0 Å². The molecule has 13 heteroatoms. The number of Topliss-reactive ketones (excluding diaryl/α,β-unsaturated/α-hetero) is 1. The van der Waals surface area contributed by atoms with Crippen molar-refractivity contribution in [1.29, 1.82) is 0 Å². The molecule has 0 unspecified atom stereocenters. The number of ketones is 1. The minimum atomic E-state index is -1.86. The van der Waals surface area contributed by atoms with Crippen molar-refractivity contribution in [2.45, 2.75) is 49.8 Å². The number of phenolic OH excluding ortho intramolecular Hbond substituents is 4. The van der Waals surface area contributed by atoms with Gasteiger partial charge in [0.25, 0.3) is 0 Å². The van der Waals surface area contributed by atoms with Crippen LogP contribution in [0.15, 0.2) is 30.3 Å². The molecule has 2 aliphatic heterocycles. The van der Waals surface area contributed by atoms with E-state index in [0.29, 0.717) is 0 Å². The Hall–Kier alpha value is -3.62. The Kier molecular flexibility index (Phi) is 6.93. The molecule has 2 aliphatic rings. The van der Waals surface area contributed by atoms with Gasteiger partial charge < -0.3 is 54.7 Å². The Labute approximate surface area is 203 Å². The first-order chi connectivity index (χ1) is 17.0. The summed E-state index contributed by atoms with van der Waals surface area (Å²) in [6.07, 6.45) is -11.4. The maximum absolute atomic E-state index is 13.4. The minimum Gasteiger partial charge on any atom is -0.508 e. The van der Waals surface area contributed by atoms with Crippen LogP contribution in [-0.4, -0.2) is 90.9 Å². The summed E-state index contributed by atoms with van der Waals surface area (Å²) in [6.45, 7) is 0.624. The van der Waals surface area contributed by atoms with Gasteiger partial charge in [-0.25, -0.2) is 0 Å². The van der Waals surface area contributed by atoms with Crippen molar-refractivity contribution in [3.63, 3.8) is 0 Å². The predicted octanol–water partition coefficient (Wildman–Crippen LogP) is -0.419. The largest absolute Gasteiger partial charge is 0.508 e. The van der Waals surface area contributed by atoms with E-state index in [2.05, 4.69) is 0 Å². The van der Waals surface area contributed by atoms with E-state index in [1.165, 1.54) is 6.07 Å². The van der Waals surface area contributed by atoms with Gasteiger partial charge in [0.1, 0.15) is 53.8 Å². The van der Waals surface area contributed by atoms with E-state index < -0.39 is 84.3 Å². The van der Waals surface area contributed by atoms with Gasteiger partial charge in [0, 0.05) is 19.1 Å². The van der Waals surface area contributed by atoms with Crippen molar-refractivity contribution in [2.75, 3.05) is 6.61 Å². The smallest absolute Gasteiger partial charge is 0.302 e. The zero-order valence-electron chi connectivity index (χ0n) is 18.7. The molecule has 0 spiro atoms. The number of benzene rings is 2. The molecule has 0 aliphatic carbocycles. The summed E-state index contributed by atoms with van der Waals surface area (Å²) in [4.78, 5) is 24.6. The molecule has 0 saturated carbocycles. The highest BCUT2D eigenvalue weighted by Gasteiger charge is 2.49. The van der Waals surface area contributed by atoms with E-state index in [1.807, 2.05) is 0 Å². The second-order valence-electron chi connectivity index (χ2n) is 8.36. The number of carbonyl (C=O) groups excluding carboxylic acids is 2. The lowest BCUT2D eigenvalue weighted by atomic mass is 9.92. The van der Waals surface area contributed by atoms with Gasteiger partial charge in [0.2, 0.25) is 5.78 Å². The number of aliphatic hydroxyl groups excluding tert-OH is 3. The molecular weight excluding hydrogens is 484 g/mol. The van der Waals surface area contributed by atoms with Gasteiger partial charge in [-0.05, 0) is 17.7 Å². The van der Waals surface area contributed by atoms with Gasteiger partial charge in [-0.15, -0.1) is 0 Å². The molecule has 2 aromatic rings. The Morgan fingerprint density at radius 2 is 1.67 bits per heavy atom. The summed E-state index contributed by atoms with van der Waals surface area (Å²) in [5.41, 5.74) is -0.223. The Bertz CT molecular complexity index is 1160. The topological polar surface area (TPSA) is 213 Å². The zero-order chi connectivity index (χ0) is 26.3. The van der Waals surface area contributed by atoms with E-state index in [4.69, 9.17) is 18.9 Å². The van der Waals surface area contributed by atoms with Crippen LogP contribution in [0.3, 0.4) is 0 Å². The van der Waals surface area contributed by atoms with Crippen LogP contribution in [0.25, 0.3) is 0 Å². The van der Waals surface area contributed by atoms with Crippen molar-refractivity contribution >= 4 is 11.8 Å². The third-order valence-electron chi connectivity index (χ3n) is 5.83. The molecule has 0 radical (unpaired) electrons. The number of aromatic hydroxyl groups is 4. The average Bonchev–Trinajstić information content (AvgIpc) is 2.81. The van der Waals surface area contributed by atoms with Crippen LogP contribution >= 0.6 is 0 Å². The summed E-state index contributed by atoms with van der Waals surface area (Å²) in [5, 5.41) is 70.7. The third kappa shape index (κ3) is 4.74. The van der Waals surface area contributed by atoms with Crippen LogP contribution in [0.1, 0.15) is 28.9 Å². The summed E-state index contributed by atoms with van der Waals surface area (Å²) in [5.74, 6) is -3.78. The van der Waals surface area contributed by atoms with E-state index in [1.54, 1.807) is 0 Å². The second kappa shape index (κ2) is 9.79. The van der Waals surface area contributed by atoms with E-state index in [9.17, 15) is 45.3 Å². The zero-order valence-corrected chi connectivity index (χ0v) is 18.7. The summed E-state index contributed by atoms with van der Waals surface area (Å²) < 4.78 is 21.8. The quantitative estimate of drug-likeness (QED) is 0.202. The SMILES string of the molecule is CC(=O)OC[C@H]1O[C@H](O[C@@H]2C(=O)c3c(O)cc(O)cc3O[C@H]2c2ccc(O)c(O)c2)[C@H](O)[C@H](O)[C@H]1O. The van der Waals surface area contributed by atoms with Gasteiger partial charge in [-0.1, -0.05) is 6.07 Å². The second-order valence-corrected chi connectivity index (χ2v) is 8.36. The van der Waals surface area contributed by atoms with Crippen LogP contribution < -0.4 is 4.74 Å². The van der Waals surface area contributed by atoms with Crippen molar-refractivity contribution in [2.24, 2.45) is 0 Å². The standard InChI is InChI=1S/C23H24O13/c1-8(24)33-7-15-17(29)19(31)20(32)23(35-15)36-22-18(30)16-13(28)5-10(25)6-14(16)34-21(22)9-2-3-11(26)12(27)4-9/h2-6,15,17,19-23,25-29,31-32H,7H2,1H3/t15-,17+,19-,20-,21+,22-,23-/m1/s1. The molecule has 0 aromatic heterocycles. The van der Waals surface area contributed by atoms with Gasteiger partial charge in [-0.2, -0.15) is 0 Å². The summed E-state index contributed by atoms with van der Waals surface area (Å²) in [6, 6.07) is 5.53. The maximum Gasteiger partial charge on any atom is 0.302 e. The Balaban J connectivity index is 1.70. The number of carbonyl (C=O) groups is 2. The highest BCUT2D eigenvalue weighted by Crippen LogP contribution is 2.44. The predicted molar refractivity (Wildman–Crippen MR) is 115 cm³/mol. The first kappa shape index (κ1) is 25.5. The fraction of sp³-hybridized carbons (Fsp3) is 0.391. The molecule has 194 valence electrons. The van der Waals surface area contributed by atoms with Crippen LogP contribution in [0, 0.1) is 0 Å². The van der Waals surface area contributed by atoms with Crippen molar-refractivity contribution in [3.8, 4) is 28.7 Å². The molecule has 0 amide bonds. The van der Waals surface area contributed by atoms with E-state index in [0.717, 1.165) is 31.2 Å². The lowest BCUT2D eigenvalue weighted by Gasteiger charge is -2.42. The maximum atomic E-state index is 13.4. The highest BCUT2D eigenvalue weighted by atomic mass is 16.7. The third-order valence-corrected chi connectivity index (χ3v) is 5.83. The minimum absolute atomic E-state index is 0.125. The molecule has 36 heavy (non-hydrogen) atoms. The fourth-order valence-electron chi connectivity index (χ4n) is 4.01. The number of ether oxygens (including phenoxy) is 4. The number of hydrogen-bond acceptors (Lipinski definition) is 13. The normalized spacial score (nSPS) is 29.8. The van der Waals surface area contributed by atoms with Crippen LogP contribution in [0.5, 0.6) is 28.7 Å². The number of rotatable bonds is 5. The molecule has 4 rings (SSSR count). The Morgan fingerprint density at radius 3 is 2.33 bits per heavy atom. The van der Waals surface area contributed by atoms with Crippen molar-refractivity contribution < 1.29 is 64.3 Å². The summed E-state index contributed by atoms with van der Waals surface area (Å²) >= 11 is 0. The average molecular weight is 508 g/mol. The highest BCUT2D eigenvalue weighted by molar-refractivity contribution is 6.05.